The van der Waals surface area contributed by atoms with Gasteiger partial charge in [-0.1, -0.05) is 0 Å². The van der Waals surface area contributed by atoms with Gasteiger partial charge in [0.05, 0.1) is 4.47 Å². The average molecular weight is 318 g/mol. The Morgan fingerprint density at radius 2 is 2.11 bits per heavy atom. The minimum absolute atomic E-state index is 0.0315. The highest BCUT2D eigenvalue weighted by Crippen LogP contribution is 2.25. The van der Waals surface area contributed by atoms with Gasteiger partial charge in [0.25, 0.3) is 5.91 Å². The highest BCUT2D eigenvalue weighted by atomic mass is 79.9. The van der Waals surface area contributed by atoms with Crippen LogP contribution < -0.4 is 0 Å². The number of likely N-dealkylation sites (tertiary alicyclic amines) is 1. The Balaban J connectivity index is 2.36. The van der Waals surface area contributed by atoms with Crippen LogP contribution >= 0.6 is 15.9 Å². The molecule has 1 fully saturated rings. The monoisotopic (exact) mass is 317 g/mol. The van der Waals surface area contributed by atoms with Gasteiger partial charge < -0.3 is 4.90 Å². The van der Waals surface area contributed by atoms with Crippen molar-refractivity contribution in [3.8, 4) is 0 Å². The molecule has 1 aromatic carbocycles. The van der Waals surface area contributed by atoms with Gasteiger partial charge in [-0.25, -0.2) is 8.78 Å². The Labute approximate surface area is 113 Å². The quantitative estimate of drug-likeness (QED) is 0.722. The zero-order chi connectivity index (χ0) is 13.3. The van der Waals surface area contributed by atoms with E-state index in [1.807, 2.05) is 6.92 Å². The third-order valence-corrected chi connectivity index (χ3v) is 3.93. The fourth-order valence-corrected chi connectivity index (χ4v) is 2.60. The maximum absolute atomic E-state index is 13.9. The molecule has 0 radical (unpaired) electrons. The Kier molecular flexibility index (Phi) is 4.00. The number of benzene rings is 1. The largest absolute Gasteiger partial charge is 0.336 e. The molecule has 1 aliphatic rings. The maximum atomic E-state index is 13.9. The van der Waals surface area contributed by atoms with Crippen LogP contribution in [0.25, 0.3) is 0 Å². The molecule has 1 unspecified atom stereocenters. The lowest BCUT2D eigenvalue weighted by atomic mass is 10.0. The van der Waals surface area contributed by atoms with E-state index in [0.717, 1.165) is 25.3 Å². The van der Waals surface area contributed by atoms with Gasteiger partial charge >= 0.3 is 0 Å². The zero-order valence-electron chi connectivity index (χ0n) is 10.0. The summed E-state index contributed by atoms with van der Waals surface area (Å²) in [6.07, 6.45) is 2.81. The summed E-state index contributed by atoms with van der Waals surface area (Å²) >= 11 is 2.98. The molecule has 2 rings (SSSR count). The number of amides is 1. The Hall–Kier alpha value is -0.970. The van der Waals surface area contributed by atoms with E-state index in [2.05, 4.69) is 15.9 Å². The molecule has 18 heavy (non-hydrogen) atoms. The fraction of sp³-hybridized carbons (Fsp3) is 0.462. The van der Waals surface area contributed by atoms with Crippen LogP contribution in [0, 0.1) is 11.6 Å². The number of carbonyl (C=O) groups is 1. The molecule has 1 atom stereocenters. The Bertz CT molecular complexity index is 478. The van der Waals surface area contributed by atoms with Crippen molar-refractivity contribution in [3.05, 3.63) is 33.8 Å². The molecule has 0 N–H and O–H groups in total. The number of piperidine rings is 1. The second kappa shape index (κ2) is 5.34. The molecule has 0 bridgehead atoms. The van der Waals surface area contributed by atoms with Crippen molar-refractivity contribution >= 4 is 21.8 Å². The molecule has 5 heteroatoms. The van der Waals surface area contributed by atoms with Gasteiger partial charge in [0, 0.05) is 12.6 Å². The maximum Gasteiger partial charge on any atom is 0.260 e. The molecule has 2 nitrogen and oxygen atoms in total. The minimum atomic E-state index is -0.822. The summed E-state index contributed by atoms with van der Waals surface area (Å²) in [5.74, 6) is -2.19. The molecule has 1 aliphatic heterocycles. The van der Waals surface area contributed by atoms with Crippen LogP contribution in [-0.4, -0.2) is 23.4 Å². The highest BCUT2D eigenvalue weighted by molar-refractivity contribution is 9.10. The van der Waals surface area contributed by atoms with E-state index < -0.39 is 23.1 Å². The molecular weight excluding hydrogens is 304 g/mol. The van der Waals surface area contributed by atoms with Crippen molar-refractivity contribution in [1.82, 2.24) is 4.90 Å². The van der Waals surface area contributed by atoms with Crippen molar-refractivity contribution in [2.24, 2.45) is 0 Å². The first-order valence-electron chi connectivity index (χ1n) is 5.97. The molecule has 0 aromatic heterocycles. The van der Waals surface area contributed by atoms with E-state index in [4.69, 9.17) is 0 Å². The summed E-state index contributed by atoms with van der Waals surface area (Å²) in [6, 6.07) is 2.40. The molecular formula is C13H14BrF2NO. The third kappa shape index (κ3) is 2.41. The first-order valence-corrected chi connectivity index (χ1v) is 6.76. The van der Waals surface area contributed by atoms with Gasteiger partial charge in [-0.2, -0.15) is 0 Å². The fourth-order valence-electron chi connectivity index (χ4n) is 2.27. The molecule has 0 aliphatic carbocycles. The molecule has 1 saturated heterocycles. The number of hydrogen-bond donors (Lipinski definition) is 0. The first kappa shape index (κ1) is 13.5. The first-order chi connectivity index (χ1) is 8.52. The lowest BCUT2D eigenvalue weighted by Crippen LogP contribution is -2.42. The molecule has 98 valence electrons. The minimum Gasteiger partial charge on any atom is -0.336 e. The molecule has 1 amide bonds. The lowest BCUT2D eigenvalue weighted by molar-refractivity contribution is 0.0625. The number of halogens is 3. The van der Waals surface area contributed by atoms with E-state index in [0.29, 0.717) is 6.54 Å². The van der Waals surface area contributed by atoms with Crippen molar-refractivity contribution in [2.75, 3.05) is 6.54 Å². The van der Waals surface area contributed by atoms with Gasteiger partial charge in [-0.15, -0.1) is 0 Å². The Morgan fingerprint density at radius 1 is 1.39 bits per heavy atom. The van der Waals surface area contributed by atoms with E-state index in [-0.39, 0.29) is 10.5 Å². The lowest BCUT2D eigenvalue weighted by Gasteiger charge is -2.33. The van der Waals surface area contributed by atoms with Crippen LogP contribution in [0.2, 0.25) is 0 Å². The van der Waals surface area contributed by atoms with Gasteiger partial charge in [-0.3, -0.25) is 4.79 Å². The van der Waals surface area contributed by atoms with Gasteiger partial charge in [-0.05, 0) is 54.2 Å². The van der Waals surface area contributed by atoms with Crippen molar-refractivity contribution in [3.63, 3.8) is 0 Å². The van der Waals surface area contributed by atoms with Gasteiger partial charge in [0.15, 0.2) is 5.82 Å². The average Bonchev–Trinajstić information content (AvgIpc) is 2.35. The SMILES string of the molecule is CC1CCCCN1C(=O)c1c(F)ccc(Br)c1F. The van der Waals surface area contributed by atoms with Crippen molar-refractivity contribution in [1.29, 1.82) is 0 Å². The highest BCUT2D eigenvalue weighted by Gasteiger charge is 2.29. The predicted octanol–water partition coefficient (Wildman–Crippen LogP) is 3.74. The molecule has 0 spiro atoms. The standard InChI is InChI=1S/C13H14BrF2NO/c1-8-4-2-3-7-17(8)13(18)11-10(15)6-5-9(14)12(11)16/h5-6,8H,2-4,7H2,1H3. The third-order valence-electron chi connectivity index (χ3n) is 3.32. The number of nitrogens with zero attached hydrogens (tertiary/aromatic N) is 1. The Morgan fingerprint density at radius 3 is 2.78 bits per heavy atom. The van der Waals surface area contributed by atoms with Crippen LogP contribution in [0.15, 0.2) is 16.6 Å². The van der Waals surface area contributed by atoms with E-state index in [1.54, 1.807) is 4.90 Å². The summed E-state index contributed by atoms with van der Waals surface area (Å²) in [7, 11) is 0. The second-order valence-electron chi connectivity index (χ2n) is 4.56. The summed E-state index contributed by atoms with van der Waals surface area (Å²) in [6.45, 7) is 2.47. The van der Waals surface area contributed by atoms with Crippen LogP contribution in [0.4, 0.5) is 8.78 Å². The number of rotatable bonds is 1. The van der Waals surface area contributed by atoms with E-state index in [9.17, 15) is 13.6 Å². The second-order valence-corrected chi connectivity index (χ2v) is 5.42. The molecule has 0 saturated carbocycles. The zero-order valence-corrected chi connectivity index (χ0v) is 11.6. The van der Waals surface area contributed by atoms with E-state index in [1.165, 1.54) is 6.07 Å². The van der Waals surface area contributed by atoms with Crippen molar-refractivity contribution < 1.29 is 13.6 Å². The van der Waals surface area contributed by atoms with Crippen LogP contribution in [0.1, 0.15) is 36.5 Å². The van der Waals surface area contributed by atoms with Gasteiger partial charge in [0.2, 0.25) is 0 Å². The summed E-state index contributed by atoms with van der Waals surface area (Å²) < 4.78 is 27.6. The van der Waals surface area contributed by atoms with Crippen LogP contribution in [0.5, 0.6) is 0 Å². The summed E-state index contributed by atoms with van der Waals surface area (Å²) in [5, 5.41) is 0. The predicted molar refractivity (Wildman–Crippen MR) is 68.4 cm³/mol. The van der Waals surface area contributed by atoms with E-state index >= 15 is 0 Å². The topological polar surface area (TPSA) is 20.3 Å². The normalized spacial score (nSPS) is 20.0. The van der Waals surface area contributed by atoms with Crippen LogP contribution in [0.3, 0.4) is 0 Å². The summed E-state index contributed by atoms with van der Waals surface area (Å²) in [5.41, 5.74) is -0.460. The smallest absolute Gasteiger partial charge is 0.260 e. The van der Waals surface area contributed by atoms with Crippen molar-refractivity contribution in [2.45, 2.75) is 32.2 Å². The number of carbonyl (C=O) groups excluding carboxylic acids is 1. The van der Waals surface area contributed by atoms with Gasteiger partial charge in [0.1, 0.15) is 11.4 Å². The molecule has 1 aromatic rings. The van der Waals surface area contributed by atoms with Crippen LogP contribution in [-0.2, 0) is 0 Å². The molecule has 1 heterocycles. The number of hydrogen-bond acceptors (Lipinski definition) is 1. The summed E-state index contributed by atoms with van der Waals surface area (Å²) in [4.78, 5) is 13.8.